The van der Waals surface area contributed by atoms with Gasteiger partial charge in [-0.15, -0.1) is 0 Å². The maximum Gasteiger partial charge on any atom is 0.338 e. The van der Waals surface area contributed by atoms with Gasteiger partial charge in [0.1, 0.15) is 17.1 Å². The second-order valence-electron chi connectivity index (χ2n) is 10.7. The van der Waals surface area contributed by atoms with Gasteiger partial charge in [0.05, 0.1) is 40.2 Å². The fourth-order valence-electron chi connectivity index (χ4n) is 5.64. The Bertz CT molecular complexity index is 1890. The van der Waals surface area contributed by atoms with E-state index in [1.54, 1.807) is 92.7 Å². The smallest absolute Gasteiger partial charge is 0.338 e. The van der Waals surface area contributed by atoms with E-state index in [1.807, 2.05) is 23.7 Å². The SMILES string of the molecule is COc1cc2c(c3c1c(=O)c1ccccc1n3C)[C@H](OC(=O)c1ccccc1)[C@H](OC(=O)c1ccccc1)C(C)(C)O2. The number of fused-ring (bicyclic) bond motifs is 4. The number of aromatic nitrogens is 1. The summed E-state index contributed by atoms with van der Waals surface area (Å²) in [5.74, 6) is -0.537. The molecule has 0 saturated carbocycles. The van der Waals surface area contributed by atoms with Gasteiger partial charge in [-0.05, 0) is 50.2 Å². The molecular formula is C34H29NO7. The second kappa shape index (κ2) is 10.4. The monoisotopic (exact) mass is 563 g/mol. The molecular weight excluding hydrogens is 534 g/mol. The van der Waals surface area contributed by atoms with Crippen LogP contribution in [0.25, 0.3) is 21.8 Å². The highest BCUT2D eigenvalue weighted by Gasteiger charge is 2.50. The molecule has 42 heavy (non-hydrogen) atoms. The number of benzene rings is 4. The van der Waals surface area contributed by atoms with Gasteiger partial charge >= 0.3 is 11.9 Å². The maximum absolute atomic E-state index is 13.9. The number of hydrogen-bond donors (Lipinski definition) is 0. The molecule has 0 bridgehead atoms. The van der Waals surface area contributed by atoms with Crippen molar-refractivity contribution in [2.24, 2.45) is 7.05 Å². The molecule has 1 aliphatic heterocycles. The van der Waals surface area contributed by atoms with Gasteiger partial charge in [0, 0.05) is 18.5 Å². The van der Waals surface area contributed by atoms with E-state index in [9.17, 15) is 14.4 Å². The summed E-state index contributed by atoms with van der Waals surface area (Å²) in [7, 11) is 3.31. The summed E-state index contributed by atoms with van der Waals surface area (Å²) in [6.45, 7) is 3.52. The van der Waals surface area contributed by atoms with Gasteiger partial charge in [-0.1, -0.05) is 48.5 Å². The van der Waals surface area contributed by atoms with Crippen LogP contribution in [-0.4, -0.2) is 35.3 Å². The maximum atomic E-state index is 13.9. The van der Waals surface area contributed by atoms with Gasteiger partial charge in [-0.3, -0.25) is 4.79 Å². The third kappa shape index (κ3) is 4.45. The summed E-state index contributed by atoms with van der Waals surface area (Å²) >= 11 is 0. The Hall–Kier alpha value is -5.11. The van der Waals surface area contributed by atoms with Gasteiger partial charge in [-0.2, -0.15) is 0 Å². The topological polar surface area (TPSA) is 93.1 Å². The van der Waals surface area contributed by atoms with Crippen molar-refractivity contribution in [3.63, 3.8) is 0 Å². The van der Waals surface area contributed by atoms with Gasteiger partial charge in [0.25, 0.3) is 0 Å². The standard InChI is InChI=1S/C34H29NO7/c1-34(2)31(41-33(38)21-15-9-6-10-16-21)30(40-32(37)20-13-7-5-8-14-20)27-25(42-34)19-24(39-4)26-28(27)35(3)23-18-12-11-17-22(23)29(26)36/h5-19,30-31H,1-4H3/t30-,31-/m0/s1. The lowest BCUT2D eigenvalue weighted by Crippen LogP contribution is -2.52. The van der Waals surface area contributed by atoms with Crippen LogP contribution in [0.5, 0.6) is 11.5 Å². The Morgan fingerprint density at radius 3 is 2.02 bits per heavy atom. The third-order valence-electron chi connectivity index (χ3n) is 7.66. The van der Waals surface area contributed by atoms with Crippen LogP contribution in [0, 0.1) is 0 Å². The van der Waals surface area contributed by atoms with Crippen molar-refractivity contribution in [2.75, 3.05) is 7.11 Å². The van der Waals surface area contributed by atoms with Gasteiger partial charge in [0.2, 0.25) is 5.43 Å². The van der Waals surface area contributed by atoms with E-state index in [2.05, 4.69) is 0 Å². The molecule has 5 aromatic rings. The normalized spacial score (nSPS) is 17.2. The molecule has 1 aliphatic rings. The number of esters is 2. The van der Waals surface area contributed by atoms with Crippen LogP contribution in [0.3, 0.4) is 0 Å². The Balaban J connectivity index is 1.63. The van der Waals surface area contributed by atoms with E-state index in [-0.39, 0.29) is 5.43 Å². The van der Waals surface area contributed by atoms with Crippen LogP contribution >= 0.6 is 0 Å². The lowest BCUT2D eigenvalue weighted by molar-refractivity contribution is -0.122. The number of carbonyl (C=O) groups excluding carboxylic acids is 2. The molecule has 4 aromatic carbocycles. The highest BCUT2D eigenvalue weighted by molar-refractivity contribution is 6.00. The van der Waals surface area contributed by atoms with Crippen molar-refractivity contribution < 1.29 is 28.5 Å². The number of carbonyl (C=O) groups is 2. The van der Waals surface area contributed by atoms with Crippen molar-refractivity contribution in [1.82, 2.24) is 4.57 Å². The molecule has 0 saturated heterocycles. The number of rotatable bonds is 5. The van der Waals surface area contributed by atoms with E-state index in [4.69, 9.17) is 18.9 Å². The van der Waals surface area contributed by atoms with E-state index in [1.165, 1.54) is 7.11 Å². The summed E-state index contributed by atoms with van der Waals surface area (Å²) in [4.78, 5) is 40.8. The Kier molecular flexibility index (Phi) is 6.69. The van der Waals surface area contributed by atoms with Crippen LogP contribution < -0.4 is 14.9 Å². The first-order valence-electron chi connectivity index (χ1n) is 13.5. The van der Waals surface area contributed by atoms with Crippen LogP contribution in [0.1, 0.15) is 46.2 Å². The summed E-state index contributed by atoms with van der Waals surface area (Å²) in [5.41, 5.74) is 0.808. The van der Waals surface area contributed by atoms with Crippen LogP contribution in [0.2, 0.25) is 0 Å². The Labute approximate surface area is 242 Å². The minimum atomic E-state index is -1.15. The lowest BCUT2D eigenvalue weighted by atomic mass is 9.86. The fourth-order valence-corrected chi connectivity index (χ4v) is 5.64. The van der Waals surface area contributed by atoms with Gasteiger partial charge in [0.15, 0.2) is 12.2 Å². The summed E-state index contributed by atoms with van der Waals surface area (Å²) in [6, 6.07) is 26.0. The highest BCUT2D eigenvalue weighted by Crippen LogP contribution is 2.49. The first kappa shape index (κ1) is 27.1. The van der Waals surface area contributed by atoms with Crippen molar-refractivity contribution in [1.29, 1.82) is 0 Å². The minimum absolute atomic E-state index is 0.242. The predicted octanol–water partition coefficient (Wildman–Crippen LogP) is 6.00. The molecule has 0 radical (unpaired) electrons. The lowest BCUT2D eigenvalue weighted by Gasteiger charge is -2.43. The molecule has 0 N–H and O–H groups in total. The van der Waals surface area contributed by atoms with E-state index < -0.39 is 29.7 Å². The van der Waals surface area contributed by atoms with Crippen molar-refractivity contribution in [2.45, 2.75) is 31.7 Å². The largest absolute Gasteiger partial charge is 0.496 e. The molecule has 0 aliphatic carbocycles. The highest BCUT2D eigenvalue weighted by atomic mass is 16.6. The summed E-state index contributed by atoms with van der Waals surface area (Å²) in [5, 5.41) is 0.808. The molecule has 0 unspecified atom stereocenters. The van der Waals surface area contributed by atoms with Crippen molar-refractivity contribution in [3.8, 4) is 11.5 Å². The Morgan fingerprint density at radius 1 is 0.833 bits per heavy atom. The van der Waals surface area contributed by atoms with E-state index in [0.717, 1.165) is 0 Å². The molecule has 1 aromatic heterocycles. The zero-order chi connectivity index (χ0) is 29.6. The molecule has 6 rings (SSSR count). The molecule has 8 heteroatoms. The first-order chi connectivity index (χ1) is 20.2. The average molecular weight is 564 g/mol. The quantitative estimate of drug-likeness (QED) is 0.191. The number of methoxy groups -OCH3 is 1. The molecule has 0 fully saturated rings. The predicted molar refractivity (Wildman–Crippen MR) is 158 cm³/mol. The van der Waals surface area contributed by atoms with Gasteiger partial charge in [-0.25, -0.2) is 9.59 Å². The molecule has 0 amide bonds. The number of para-hydroxylation sites is 1. The fraction of sp³-hybridized carbons (Fsp3) is 0.206. The second-order valence-corrected chi connectivity index (χ2v) is 10.7. The zero-order valence-electron chi connectivity index (χ0n) is 23.6. The van der Waals surface area contributed by atoms with Crippen LogP contribution in [0.4, 0.5) is 0 Å². The summed E-state index contributed by atoms with van der Waals surface area (Å²) < 4.78 is 26.4. The van der Waals surface area contributed by atoms with Crippen molar-refractivity contribution >= 4 is 33.7 Å². The Morgan fingerprint density at radius 2 is 1.40 bits per heavy atom. The van der Waals surface area contributed by atoms with E-state index >= 15 is 0 Å². The average Bonchev–Trinajstić information content (AvgIpc) is 3.01. The number of hydrogen-bond acceptors (Lipinski definition) is 7. The number of nitrogens with zero attached hydrogens (tertiary/aromatic N) is 1. The first-order valence-corrected chi connectivity index (χ1v) is 13.5. The van der Waals surface area contributed by atoms with Crippen molar-refractivity contribution in [3.05, 3.63) is 118 Å². The molecule has 2 heterocycles. The minimum Gasteiger partial charge on any atom is -0.496 e. The van der Waals surface area contributed by atoms with E-state index in [0.29, 0.717) is 50.0 Å². The van der Waals surface area contributed by atoms with Crippen LogP contribution in [0.15, 0.2) is 95.8 Å². The molecule has 2 atom stereocenters. The van der Waals surface area contributed by atoms with Gasteiger partial charge < -0.3 is 23.5 Å². The number of pyridine rings is 1. The molecule has 8 nitrogen and oxygen atoms in total. The van der Waals surface area contributed by atoms with Crippen LogP contribution in [-0.2, 0) is 16.5 Å². The summed E-state index contributed by atoms with van der Waals surface area (Å²) in [6.07, 6.45) is -2.21. The molecule has 0 spiro atoms. The third-order valence-corrected chi connectivity index (χ3v) is 7.66. The number of aryl methyl sites for hydroxylation is 1. The number of ether oxygens (including phenoxy) is 4. The zero-order valence-corrected chi connectivity index (χ0v) is 23.6. The molecule has 212 valence electrons.